The molecule has 1 aromatic rings. The van der Waals surface area contributed by atoms with Crippen LogP contribution in [0.2, 0.25) is 0 Å². The van der Waals surface area contributed by atoms with Crippen molar-refractivity contribution >= 4 is 33.9 Å². The van der Waals surface area contributed by atoms with E-state index in [1.165, 1.54) is 22.9 Å². The van der Waals surface area contributed by atoms with Crippen molar-refractivity contribution in [2.75, 3.05) is 18.8 Å². The van der Waals surface area contributed by atoms with Gasteiger partial charge in [0, 0.05) is 17.5 Å². The van der Waals surface area contributed by atoms with Gasteiger partial charge in [0.15, 0.2) is 0 Å². The Hall–Kier alpha value is -1.35. The van der Waals surface area contributed by atoms with Crippen LogP contribution < -0.4 is 5.43 Å². The molecule has 0 atom stereocenters. The SMILES string of the molecule is O=S(=O)(O)c1ccc(NN2CN=CN(Cl)C2)cc1. The minimum atomic E-state index is -4.16. The fourth-order valence-electron chi connectivity index (χ4n) is 1.42. The van der Waals surface area contributed by atoms with Gasteiger partial charge in [0.2, 0.25) is 0 Å². The predicted molar refractivity (Wildman–Crippen MR) is 67.6 cm³/mol. The summed E-state index contributed by atoms with van der Waals surface area (Å²) in [6.45, 7) is 0.869. The van der Waals surface area contributed by atoms with E-state index < -0.39 is 10.1 Å². The van der Waals surface area contributed by atoms with Gasteiger partial charge in [-0.3, -0.25) is 14.0 Å². The van der Waals surface area contributed by atoms with Crippen LogP contribution in [0.5, 0.6) is 0 Å². The lowest BCUT2D eigenvalue weighted by Gasteiger charge is -2.28. The van der Waals surface area contributed by atoms with Crippen molar-refractivity contribution in [2.24, 2.45) is 4.99 Å². The van der Waals surface area contributed by atoms with E-state index >= 15 is 0 Å². The summed E-state index contributed by atoms with van der Waals surface area (Å²) < 4.78 is 31.9. The van der Waals surface area contributed by atoms with Crippen LogP contribution in [-0.2, 0) is 10.1 Å². The molecule has 0 saturated carbocycles. The van der Waals surface area contributed by atoms with Crippen LogP contribution in [0.1, 0.15) is 0 Å². The maximum atomic E-state index is 10.9. The van der Waals surface area contributed by atoms with Crippen LogP contribution in [-0.4, -0.2) is 42.1 Å². The zero-order chi connectivity index (χ0) is 13.2. The molecule has 98 valence electrons. The molecule has 0 bridgehead atoms. The molecule has 0 amide bonds. The molecule has 2 rings (SSSR count). The van der Waals surface area contributed by atoms with Gasteiger partial charge in [-0.05, 0) is 24.3 Å². The second-order valence-electron chi connectivity index (χ2n) is 3.63. The monoisotopic (exact) mass is 290 g/mol. The Kier molecular flexibility index (Phi) is 3.71. The Morgan fingerprint density at radius 3 is 2.56 bits per heavy atom. The number of nitrogens with one attached hydrogen (secondary N) is 1. The number of benzene rings is 1. The van der Waals surface area contributed by atoms with Gasteiger partial charge < -0.3 is 5.43 Å². The fraction of sp³-hybridized carbons (Fsp3) is 0.222. The number of hydrogen-bond acceptors (Lipinski definition) is 6. The van der Waals surface area contributed by atoms with Crippen LogP contribution in [0.25, 0.3) is 0 Å². The van der Waals surface area contributed by atoms with Crippen molar-refractivity contribution in [3.63, 3.8) is 0 Å². The zero-order valence-electron chi connectivity index (χ0n) is 9.19. The first kappa shape index (κ1) is 13.1. The normalized spacial score (nSPS) is 16.9. The molecule has 18 heavy (non-hydrogen) atoms. The van der Waals surface area contributed by atoms with E-state index in [-0.39, 0.29) is 4.90 Å². The van der Waals surface area contributed by atoms with E-state index in [0.29, 0.717) is 19.0 Å². The summed E-state index contributed by atoms with van der Waals surface area (Å²) >= 11 is 5.75. The highest BCUT2D eigenvalue weighted by molar-refractivity contribution is 7.85. The van der Waals surface area contributed by atoms with E-state index in [2.05, 4.69) is 10.4 Å². The minimum Gasteiger partial charge on any atom is -0.315 e. The average molecular weight is 291 g/mol. The second kappa shape index (κ2) is 5.11. The summed E-state index contributed by atoms with van der Waals surface area (Å²) in [7, 11) is -4.16. The number of hydrogen-bond donors (Lipinski definition) is 2. The maximum absolute atomic E-state index is 10.9. The van der Waals surface area contributed by atoms with E-state index in [1.54, 1.807) is 17.1 Å². The molecule has 0 aromatic heterocycles. The minimum absolute atomic E-state index is 0.149. The van der Waals surface area contributed by atoms with E-state index in [1.807, 2.05) is 0 Å². The Balaban J connectivity index is 2.05. The maximum Gasteiger partial charge on any atom is 0.294 e. The number of anilines is 1. The molecule has 7 nitrogen and oxygen atoms in total. The molecule has 1 aliphatic heterocycles. The van der Waals surface area contributed by atoms with Crippen LogP contribution in [0, 0.1) is 0 Å². The fourth-order valence-corrected chi connectivity index (χ4v) is 2.09. The molecular weight excluding hydrogens is 280 g/mol. The van der Waals surface area contributed by atoms with Gasteiger partial charge in [0.25, 0.3) is 10.1 Å². The molecule has 0 radical (unpaired) electrons. The Bertz CT molecular complexity index is 545. The standard InChI is InChI=1S/C9H11ClN4O3S/c10-13-5-11-6-14(7-13)12-8-1-3-9(4-2-8)18(15,16)17/h1-5,12H,6-7H2,(H,15,16,17). The quantitative estimate of drug-likeness (QED) is 0.637. The number of hydrazine groups is 1. The molecule has 0 saturated heterocycles. The van der Waals surface area contributed by atoms with Gasteiger partial charge in [0.05, 0.1) is 4.90 Å². The van der Waals surface area contributed by atoms with Gasteiger partial charge in [-0.1, -0.05) is 0 Å². The average Bonchev–Trinajstić information content (AvgIpc) is 2.28. The van der Waals surface area contributed by atoms with Gasteiger partial charge in [-0.15, -0.1) is 0 Å². The molecule has 0 unspecified atom stereocenters. The molecule has 0 spiro atoms. The number of halogens is 1. The number of nitrogens with zero attached hydrogens (tertiary/aromatic N) is 3. The summed E-state index contributed by atoms with van der Waals surface area (Å²) in [6, 6.07) is 5.70. The van der Waals surface area contributed by atoms with Crippen molar-refractivity contribution in [2.45, 2.75) is 4.90 Å². The number of aliphatic imine (C=N–C) groups is 1. The molecule has 0 aliphatic carbocycles. The van der Waals surface area contributed by atoms with Crippen LogP contribution >= 0.6 is 11.8 Å². The van der Waals surface area contributed by atoms with Gasteiger partial charge in [-0.25, -0.2) is 0 Å². The zero-order valence-corrected chi connectivity index (χ0v) is 10.8. The van der Waals surface area contributed by atoms with Crippen LogP contribution in [0.15, 0.2) is 34.2 Å². The van der Waals surface area contributed by atoms with Gasteiger partial charge in [0.1, 0.15) is 19.7 Å². The molecule has 2 N–H and O–H groups in total. The topological polar surface area (TPSA) is 85.2 Å². The lowest BCUT2D eigenvalue weighted by Crippen LogP contribution is -2.40. The van der Waals surface area contributed by atoms with Crippen molar-refractivity contribution < 1.29 is 13.0 Å². The van der Waals surface area contributed by atoms with Crippen molar-refractivity contribution in [1.29, 1.82) is 0 Å². The molecule has 1 heterocycles. The number of rotatable bonds is 3. The third kappa shape index (κ3) is 3.33. The second-order valence-corrected chi connectivity index (χ2v) is 5.49. The summed E-state index contributed by atoms with van der Waals surface area (Å²) in [5, 5.41) is 1.73. The molecular formula is C9H11ClN4O3S. The van der Waals surface area contributed by atoms with Crippen molar-refractivity contribution in [1.82, 2.24) is 9.43 Å². The Labute approximate surface area is 109 Å². The lowest BCUT2D eigenvalue weighted by molar-refractivity contribution is 0.271. The Morgan fingerprint density at radius 2 is 2.00 bits per heavy atom. The highest BCUT2D eigenvalue weighted by Crippen LogP contribution is 2.15. The third-order valence-corrected chi connectivity index (χ3v) is 3.27. The summed E-state index contributed by atoms with van der Waals surface area (Å²) in [4.78, 5) is 3.84. The highest BCUT2D eigenvalue weighted by Gasteiger charge is 2.12. The summed E-state index contributed by atoms with van der Waals surface area (Å²) in [5.74, 6) is 0. The first-order valence-electron chi connectivity index (χ1n) is 4.97. The van der Waals surface area contributed by atoms with Gasteiger partial charge >= 0.3 is 0 Å². The van der Waals surface area contributed by atoms with Crippen molar-refractivity contribution in [3.05, 3.63) is 24.3 Å². The molecule has 9 heteroatoms. The van der Waals surface area contributed by atoms with Crippen LogP contribution in [0.3, 0.4) is 0 Å². The largest absolute Gasteiger partial charge is 0.315 e. The van der Waals surface area contributed by atoms with E-state index in [9.17, 15) is 8.42 Å². The summed E-state index contributed by atoms with van der Waals surface area (Å²) in [5.41, 5.74) is 3.68. The smallest absolute Gasteiger partial charge is 0.294 e. The predicted octanol–water partition coefficient (Wildman–Crippen LogP) is 0.975. The summed E-state index contributed by atoms with van der Waals surface area (Å²) in [6.07, 6.45) is 1.52. The third-order valence-electron chi connectivity index (χ3n) is 2.20. The molecule has 1 aliphatic rings. The van der Waals surface area contributed by atoms with E-state index in [4.69, 9.17) is 16.3 Å². The molecule has 1 aromatic carbocycles. The first-order chi connectivity index (χ1) is 8.45. The van der Waals surface area contributed by atoms with Gasteiger partial charge in [-0.2, -0.15) is 13.4 Å². The van der Waals surface area contributed by atoms with Crippen molar-refractivity contribution in [3.8, 4) is 0 Å². The van der Waals surface area contributed by atoms with Crippen LogP contribution in [0.4, 0.5) is 5.69 Å². The molecule has 0 fully saturated rings. The van der Waals surface area contributed by atoms with E-state index in [0.717, 1.165) is 0 Å². The Morgan fingerprint density at radius 1 is 1.33 bits per heavy atom. The highest BCUT2D eigenvalue weighted by atomic mass is 35.5. The lowest BCUT2D eigenvalue weighted by atomic mass is 10.3. The first-order valence-corrected chi connectivity index (χ1v) is 6.74.